The number of nitrogens with zero attached hydrogens (tertiary/aromatic N) is 3. The Bertz CT molecular complexity index is 644. The Balaban J connectivity index is 0.00000132. The van der Waals surface area contributed by atoms with Crippen LogP contribution in [0.25, 0.3) is 0 Å². The quantitative estimate of drug-likeness (QED) is 0.894. The van der Waals surface area contributed by atoms with Crippen molar-refractivity contribution in [1.82, 2.24) is 20.2 Å². The van der Waals surface area contributed by atoms with Crippen molar-refractivity contribution in [2.24, 2.45) is 0 Å². The van der Waals surface area contributed by atoms with Gasteiger partial charge in [0, 0.05) is 32.0 Å². The maximum atomic E-state index is 13.4. The first-order valence-corrected chi connectivity index (χ1v) is 6.79. The van der Waals surface area contributed by atoms with Crippen LogP contribution in [-0.2, 0) is 0 Å². The predicted molar refractivity (Wildman–Crippen MR) is 89.6 cm³/mol. The first-order chi connectivity index (χ1) is 10.3. The molecule has 1 fully saturated rings. The van der Waals surface area contributed by atoms with Gasteiger partial charge < -0.3 is 10.2 Å². The van der Waals surface area contributed by atoms with E-state index in [4.69, 9.17) is 0 Å². The number of hydrogen-bond donors (Lipinski definition) is 1. The molecule has 1 saturated heterocycles. The number of piperazine rings is 1. The number of rotatable bonds is 2. The van der Waals surface area contributed by atoms with Crippen molar-refractivity contribution in [2.75, 3.05) is 19.6 Å². The third-order valence-corrected chi connectivity index (χ3v) is 3.52. The molecule has 1 aromatic carbocycles. The van der Waals surface area contributed by atoms with Gasteiger partial charge in [0.25, 0.3) is 5.91 Å². The molecule has 1 aliphatic heterocycles. The summed E-state index contributed by atoms with van der Waals surface area (Å²) < 4.78 is 13.4. The van der Waals surface area contributed by atoms with Crippen molar-refractivity contribution in [2.45, 2.75) is 6.04 Å². The van der Waals surface area contributed by atoms with Gasteiger partial charge in [0.1, 0.15) is 11.5 Å². The van der Waals surface area contributed by atoms with Crippen molar-refractivity contribution in [1.29, 1.82) is 0 Å². The van der Waals surface area contributed by atoms with Gasteiger partial charge in [-0.3, -0.25) is 9.78 Å². The van der Waals surface area contributed by atoms with E-state index in [0.29, 0.717) is 25.3 Å². The lowest BCUT2D eigenvalue weighted by atomic mass is 10.0. The van der Waals surface area contributed by atoms with Gasteiger partial charge in [-0.2, -0.15) is 0 Å². The van der Waals surface area contributed by atoms with Crippen LogP contribution in [-0.4, -0.2) is 40.4 Å². The summed E-state index contributed by atoms with van der Waals surface area (Å²) in [7, 11) is 0. The molecule has 8 heteroatoms. The minimum Gasteiger partial charge on any atom is -0.328 e. The zero-order valence-corrected chi connectivity index (χ0v) is 13.8. The summed E-state index contributed by atoms with van der Waals surface area (Å²) in [5.41, 5.74) is 1.08. The second-order valence-corrected chi connectivity index (χ2v) is 4.86. The summed E-state index contributed by atoms with van der Waals surface area (Å²) in [4.78, 5) is 22.3. The SMILES string of the molecule is Cl.Cl.O=C(c1cnccn1)N1CCNCC1c1cccc(F)c1. The zero-order valence-electron chi connectivity index (χ0n) is 12.2. The molecule has 1 atom stereocenters. The molecule has 1 amide bonds. The maximum absolute atomic E-state index is 13.4. The predicted octanol–water partition coefficient (Wildman–Crippen LogP) is 2.25. The number of halogens is 3. The third-order valence-electron chi connectivity index (χ3n) is 3.52. The Kier molecular flexibility index (Phi) is 7.35. The molecule has 1 unspecified atom stereocenters. The molecule has 3 rings (SSSR count). The van der Waals surface area contributed by atoms with Gasteiger partial charge in [-0.1, -0.05) is 12.1 Å². The van der Waals surface area contributed by atoms with Crippen LogP contribution in [0.1, 0.15) is 22.1 Å². The minimum absolute atomic E-state index is 0. The second kappa shape index (κ2) is 8.76. The van der Waals surface area contributed by atoms with E-state index < -0.39 is 0 Å². The zero-order chi connectivity index (χ0) is 14.7. The molecule has 0 spiro atoms. The molecule has 124 valence electrons. The average molecular weight is 359 g/mol. The molecule has 23 heavy (non-hydrogen) atoms. The lowest BCUT2D eigenvalue weighted by molar-refractivity contribution is 0.0627. The fraction of sp³-hybridized carbons (Fsp3) is 0.267. The summed E-state index contributed by atoms with van der Waals surface area (Å²) in [6.07, 6.45) is 4.47. The van der Waals surface area contributed by atoms with E-state index in [9.17, 15) is 9.18 Å². The van der Waals surface area contributed by atoms with Crippen LogP contribution in [0.15, 0.2) is 42.9 Å². The highest BCUT2D eigenvalue weighted by Crippen LogP contribution is 2.24. The van der Waals surface area contributed by atoms with E-state index in [-0.39, 0.29) is 42.6 Å². The van der Waals surface area contributed by atoms with Gasteiger partial charge in [0.15, 0.2) is 0 Å². The number of carbonyl (C=O) groups excluding carboxylic acids is 1. The van der Waals surface area contributed by atoms with Crippen LogP contribution in [0.3, 0.4) is 0 Å². The molecule has 1 N–H and O–H groups in total. The number of aromatic nitrogens is 2. The molecule has 0 bridgehead atoms. The van der Waals surface area contributed by atoms with E-state index in [2.05, 4.69) is 15.3 Å². The lowest BCUT2D eigenvalue weighted by Crippen LogP contribution is -2.48. The lowest BCUT2D eigenvalue weighted by Gasteiger charge is -2.36. The molecule has 5 nitrogen and oxygen atoms in total. The Morgan fingerprint density at radius 2 is 2.13 bits per heavy atom. The van der Waals surface area contributed by atoms with E-state index >= 15 is 0 Å². The van der Waals surface area contributed by atoms with Crippen LogP contribution >= 0.6 is 24.8 Å². The molecule has 1 aromatic heterocycles. The Morgan fingerprint density at radius 1 is 1.30 bits per heavy atom. The van der Waals surface area contributed by atoms with Crippen molar-refractivity contribution in [3.8, 4) is 0 Å². The smallest absolute Gasteiger partial charge is 0.274 e. The van der Waals surface area contributed by atoms with E-state index in [1.165, 1.54) is 30.7 Å². The number of benzene rings is 1. The summed E-state index contributed by atoms with van der Waals surface area (Å²) in [6, 6.07) is 6.15. The van der Waals surface area contributed by atoms with Gasteiger partial charge >= 0.3 is 0 Å². The molecule has 1 aliphatic rings. The fourth-order valence-corrected chi connectivity index (χ4v) is 2.52. The molecule has 0 radical (unpaired) electrons. The average Bonchev–Trinajstić information content (AvgIpc) is 2.55. The largest absolute Gasteiger partial charge is 0.328 e. The highest BCUT2D eigenvalue weighted by atomic mass is 35.5. The fourth-order valence-electron chi connectivity index (χ4n) is 2.52. The molecular formula is C15H17Cl2FN4O. The van der Waals surface area contributed by atoms with Gasteiger partial charge in [-0.25, -0.2) is 9.37 Å². The number of carbonyl (C=O) groups is 1. The van der Waals surface area contributed by atoms with Gasteiger partial charge in [-0.15, -0.1) is 24.8 Å². The van der Waals surface area contributed by atoms with Crippen LogP contribution in [0, 0.1) is 5.82 Å². The second-order valence-electron chi connectivity index (χ2n) is 4.86. The van der Waals surface area contributed by atoms with Crippen molar-refractivity contribution in [3.05, 3.63) is 59.9 Å². The van der Waals surface area contributed by atoms with Crippen LogP contribution in [0.4, 0.5) is 4.39 Å². The molecular weight excluding hydrogens is 342 g/mol. The maximum Gasteiger partial charge on any atom is 0.274 e. The summed E-state index contributed by atoms with van der Waals surface area (Å²) in [5, 5.41) is 3.24. The van der Waals surface area contributed by atoms with Crippen LogP contribution in [0.2, 0.25) is 0 Å². The molecule has 0 aliphatic carbocycles. The monoisotopic (exact) mass is 358 g/mol. The Morgan fingerprint density at radius 3 is 2.83 bits per heavy atom. The normalized spacial score (nSPS) is 16.9. The third kappa shape index (κ3) is 4.37. The number of hydrogen-bond acceptors (Lipinski definition) is 4. The van der Waals surface area contributed by atoms with Gasteiger partial charge in [-0.05, 0) is 17.7 Å². The molecule has 2 aromatic rings. The summed E-state index contributed by atoms with van der Waals surface area (Å²) >= 11 is 0. The van der Waals surface area contributed by atoms with Crippen molar-refractivity contribution >= 4 is 30.7 Å². The highest BCUT2D eigenvalue weighted by Gasteiger charge is 2.29. The first-order valence-electron chi connectivity index (χ1n) is 6.79. The standard InChI is InChI=1S/C15H15FN4O.2ClH/c16-12-3-1-2-11(8-12)14-10-18-6-7-20(14)15(21)13-9-17-4-5-19-13;;/h1-5,8-9,14,18H,6-7,10H2;2*1H. The molecule has 0 saturated carbocycles. The number of amides is 1. The van der Waals surface area contributed by atoms with E-state index in [0.717, 1.165) is 5.56 Å². The van der Waals surface area contributed by atoms with Crippen LogP contribution in [0.5, 0.6) is 0 Å². The Labute approximate surface area is 146 Å². The van der Waals surface area contributed by atoms with Crippen LogP contribution < -0.4 is 5.32 Å². The minimum atomic E-state index is -0.301. The van der Waals surface area contributed by atoms with E-state index in [1.54, 1.807) is 11.0 Å². The van der Waals surface area contributed by atoms with Crippen molar-refractivity contribution in [3.63, 3.8) is 0 Å². The highest BCUT2D eigenvalue weighted by molar-refractivity contribution is 5.92. The first kappa shape index (κ1) is 19.3. The topological polar surface area (TPSA) is 58.1 Å². The Hall–Kier alpha value is -1.76. The van der Waals surface area contributed by atoms with E-state index in [1.807, 2.05) is 6.07 Å². The van der Waals surface area contributed by atoms with Crippen molar-refractivity contribution < 1.29 is 9.18 Å². The summed E-state index contributed by atoms with van der Waals surface area (Å²) in [5.74, 6) is -0.483. The summed E-state index contributed by atoms with van der Waals surface area (Å²) in [6.45, 7) is 1.85. The molecule has 2 heterocycles. The van der Waals surface area contributed by atoms with Gasteiger partial charge in [0.2, 0.25) is 0 Å². The van der Waals surface area contributed by atoms with Gasteiger partial charge in [0.05, 0.1) is 12.2 Å². The number of nitrogens with one attached hydrogen (secondary N) is 1.